The molecule has 2 unspecified atom stereocenters. The van der Waals surface area contributed by atoms with Gasteiger partial charge in [0.2, 0.25) is 11.7 Å². The smallest absolute Gasteiger partial charge is 0.243 e. The molecule has 0 spiro atoms. The first-order valence-corrected chi connectivity index (χ1v) is 7.22. The van der Waals surface area contributed by atoms with E-state index >= 15 is 0 Å². The molecular formula is C13H22N4O2. The maximum Gasteiger partial charge on any atom is 0.243 e. The van der Waals surface area contributed by atoms with Crippen molar-refractivity contribution in [3.8, 4) is 0 Å². The van der Waals surface area contributed by atoms with Gasteiger partial charge in [0.05, 0.1) is 12.6 Å². The van der Waals surface area contributed by atoms with Gasteiger partial charge in [-0.1, -0.05) is 18.5 Å². The van der Waals surface area contributed by atoms with E-state index in [2.05, 4.69) is 22.0 Å². The largest absolute Gasteiger partial charge is 0.367 e. The Hall–Kier alpha value is -0.980. The summed E-state index contributed by atoms with van der Waals surface area (Å²) in [6, 6.07) is 0.430. The van der Waals surface area contributed by atoms with Crippen LogP contribution in [-0.2, 0) is 4.74 Å². The van der Waals surface area contributed by atoms with E-state index in [0.29, 0.717) is 17.8 Å². The van der Waals surface area contributed by atoms with Crippen LogP contribution in [0.15, 0.2) is 4.52 Å². The Kier molecular flexibility index (Phi) is 3.81. The minimum Gasteiger partial charge on any atom is -0.367 e. The van der Waals surface area contributed by atoms with Gasteiger partial charge in [-0.3, -0.25) is 4.90 Å². The monoisotopic (exact) mass is 266 g/mol. The zero-order valence-electron chi connectivity index (χ0n) is 11.4. The highest BCUT2D eigenvalue weighted by molar-refractivity contribution is 4.99. The number of hydrogen-bond donors (Lipinski definition) is 1. The number of hydrogen-bond acceptors (Lipinski definition) is 6. The molecule has 6 nitrogen and oxygen atoms in total. The number of nitrogens with two attached hydrogens (primary N) is 1. The number of ether oxygens (including phenoxy) is 1. The summed E-state index contributed by atoms with van der Waals surface area (Å²) in [6.45, 7) is 4.89. The van der Waals surface area contributed by atoms with Gasteiger partial charge in [-0.2, -0.15) is 4.98 Å². The quantitative estimate of drug-likeness (QED) is 0.887. The molecule has 0 radical (unpaired) electrons. The third kappa shape index (κ3) is 2.66. The van der Waals surface area contributed by atoms with Gasteiger partial charge in [-0.15, -0.1) is 0 Å². The molecule has 3 atom stereocenters. The highest BCUT2D eigenvalue weighted by Gasteiger charge is 2.35. The van der Waals surface area contributed by atoms with Crippen molar-refractivity contribution in [3.05, 3.63) is 11.7 Å². The minimum atomic E-state index is -0.158. The van der Waals surface area contributed by atoms with Crippen LogP contribution >= 0.6 is 0 Å². The molecule has 6 heteroatoms. The molecular weight excluding hydrogens is 244 g/mol. The first kappa shape index (κ1) is 13.0. The van der Waals surface area contributed by atoms with Gasteiger partial charge in [0.25, 0.3) is 0 Å². The summed E-state index contributed by atoms with van der Waals surface area (Å²) in [6.07, 6.45) is 4.31. The maximum absolute atomic E-state index is 5.99. The van der Waals surface area contributed by atoms with Gasteiger partial charge in [-0.25, -0.2) is 0 Å². The third-order valence-electron chi connectivity index (χ3n) is 4.05. The molecule has 19 heavy (non-hydrogen) atoms. The van der Waals surface area contributed by atoms with E-state index < -0.39 is 0 Å². The van der Waals surface area contributed by atoms with E-state index in [9.17, 15) is 0 Å². The molecule has 1 aromatic heterocycles. The molecule has 1 aromatic rings. The van der Waals surface area contributed by atoms with Crippen LogP contribution in [0.3, 0.4) is 0 Å². The zero-order chi connectivity index (χ0) is 13.2. The number of morpholine rings is 1. The van der Waals surface area contributed by atoms with Crippen LogP contribution in [0.5, 0.6) is 0 Å². The Balaban J connectivity index is 1.66. The lowest BCUT2D eigenvalue weighted by Gasteiger charge is -2.33. The average molecular weight is 266 g/mol. The summed E-state index contributed by atoms with van der Waals surface area (Å²) in [4.78, 5) is 6.88. The van der Waals surface area contributed by atoms with Crippen LogP contribution in [0.2, 0.25) is 0 Å². The summed E-state index contributed by atoms with van der Waals surface area (Å²) in [7, 11) is 0. The number of aromatic nitrogens is 2. The first-order valence-electron chi connectivity index (χ1n) is 7.22. The topological polar surface area (TPSA) is 77.4 Å². The van der Waals surface area contributed by atoms with Crippen LogP contribution in [0.1, 0.15) is 56.5 Å². The molecule has 2 N–H and O–H groups in total. The highest BCUT2D eigenvalue weighted by Crippen LogP contribution is 2.29. The predicted molar refractivity (Wildman–Crippen MR) is 69.4 cm³/mol. The summed E-state index contributed by atoms with van der Waals surface area (Å²) in [5.41, 5.74) is 5.99. The molecule has 0 bridgehead atoms. The molecule has 3 heterocycles. The molecule has 0 aromatic carbocycles. The van der Waals surface area contributed by atoms with Gasteiger partial charge in [-0.05, 0) is 25.8 Å². The van der Waals surface area contributed by atoms with Gasteiger partial charge < -0.3 is 15.0 Å². The summed E-state index contributed by atoms with van der Waals surface area (Å²) in [5, 5.41) is 4.04. The molecule has 2 aliphatic rings. The maximum atomic E-state index is 5.99. The lowest BCUT2D eigenvalue weighted by atomic mass is 10.1. The van der Waals surface area contributed by atoms with Crippen molar-refractivity contribution in [2.75, 3.05) is 19.7 Å². The second kappa shape index (κ2) is 5.56. The first-order chi connectivity index (χ1) is 9.28. The van der Waals surface area contributed by atoms with Gasteiger partial charge >= 0.3 is 0 Å². The fourth-order valence-corrected chi connectivity index (χ4v) is 2.94. The molecule has 0 amide bonds. The van der Waals surface area contributed by atoms with Gasteiger partial charge in [0, 0.05) is 12.6 Å². The van der Waals surface area contributed by atoms with Crippen LogP contribution in [0.25, 0.3) is 0 Å². The second-order valence-electron chi connectivity index (χ2n) is 5.50. The van der Waals surface area contributed by atoms with E-state index in [0.717, 1.165) is 32.5 Å². The van der Waals surface area contributed by atoms with Crippen molar-refractivity contribution in [1.82, 2.24) is 15.0 Å². The number of rotatable bonds is 4. The standard InChI is InChI=1S/C13H22N4O2/c1-2-4-10(14)13-15-12(16-19-13)11-7-17-6-3-5-9(17)8-18-11/h9-11H,2-8,14H2,1H3/t9?,10-,11?/m0/s1. The summed E-state index contributed by atoms with van der Waals surface area (Å²) in [5.74, 6) is 1.18. The second-order valence-corrected chi connectivity index (χ2v) is 5.50. The Labute approximate surface area is 113 Å². The fourth-order valence-electron chi connectivity index (χ4n) is 2.94. The molecule has 2 fully saturated rings. The van der Waals surface area contributed by atoms with Crippen molar-refractivity contribution in [2.45, 2.75) is 50.8 Å². The SMILES string of the molecule is CCC[C@H](N)c1nc(C2CN3CCCC3CO2)no1. The van der Waals surface area contributed by atoms with Crippen LogP contribution in [0, 0.1) is 0 Å². The van der Waals surface area contributed by atoms with Gasteiger partial charge in [0.1, 0.15) is 6.10 Å². The molecule has 2 aliphatic heterocycles. The Bertz CT molecular complexity index is 423. The lowest BCUT2D eigenvalue weighted by molar-refractivity contribution is -0.0548. The normalized spacial score (nSPS) is 29.4. The van der Waals surface area contributed by atoms with Crippen LogP contribution in [0.4, 0.5) is 0 Å². The molecule has 106 valence electrons. The average Bonchev–Trinajstić information content (AvgIpc) is 3.07. The van der Waals surface area contributed by atoms with Crippen molar-refractivity contribution >= 4 is 0 Å². The Morgan fingerprint density at radius 2 is 2.42 bits per heavy atom. The van der Waals surface area contributed by atoms with Gasteiger partial charge in [0.15, 0.2) is 0 Å². The fraction of sp³-hybridized carbons (Fsp3) is 0.846. The molecule has 2 saturated heterocycles. The number of nitrogens with zero attached hydrogens (tertiary/aromatic N) is 3. The predicted octanol–water partition coefficient (Wildman–Crippen LogP) is 1.41. The lowest BCUT2D eigenvalue weighted by Crippen LogP contribution is -2.42. The zero-order valence-corrected chi connectivity index (χ0v) is 11.4. The molecule has 0 aliphatic carbocycles. The van der Waals surface area contributed by atoms with Crippen LogP contribution in [-0.4, -0.2) is 40.8 Å². The van der Waals surface area contributed by atoms with Crippen molar-refractivity contribution < 1.29 is 9.26 Å². The van der Waals surface area contributed by atoms with E-state index in [-0.39, 0.29) is 12.1 Å². The molecule has 3 rings (SSSR count). The van der Waals surface area contributed by atoms with Crippen LogP contribution < -0.4 is 5.73 Å². The van der Waals surface area contributed by atoms with E-state index in [1.807, 2.05) is 0 Å². The summed E-state index contributed by atoms with van der Waals surface area (Å²) < 4.78 is 11.1. The highest BCUT2D eigenvalue weighted by atomic mass is 16.5. The summed E-state index contributed by atoms with van der Waals surface area (Å²) >= 11 is 0. The third-order valence-corrected chi connectivity index (χ3v) is 4.05. The van der Waals surface area contributed by atoms with Crippen molar-refractivity contribution in [1.29, 1.82) is 0 Å². The van der Waals surface area contributed by atoms with Crippen molar-refractivity contribution in [3.63, 3.8) is 0 Å². The van der Waals surface area contributed by atoms with Crippen molar-refractivity contribution in [2.24, 2.45) is 5.73 Å². The van der Waals surface area contributed by atoms with E-state index in [4.69, 9.17) is 15.0 Å². The Morgan fingerprint density at radius 1 is 1.53 bits per heavy atom. The molecule has 0 saturated carbocycles. The minimum absolute atomic E-state index is 0.0688. The van der Waals surface area contributed by atoms with E-state index in [1.165, 1.54) is 12.8 Å². The Morgan fingerprint density at radius 3 is 3.26 bits per heavy atom. The van der Waals surface area contributed by atoms with E-state index in [1.54, 1.807) is 0 Å². The number of fused-ring (bicyclic) bond motifs is 1.